The number of hydrogen-bond acceptors (Lipinski definition) is 5. The van der Waals surface area contributed by atoms with Crippen molar-refractivity contribution >= 4 is 23.0 Å². The van der Waals surface area contributed by atoms with Crippen molar-refractivity contribution in [3.05, 3.63) is 48.0 Å². The molecular formula is C21H24N3O4+. The molecule has 0 bridgehead atoms. The first-order chi connectivity index (χ1) is 13.7. The summed E-state index contributed by atoms with van der Waals surface area (Å²) in [5.74, 6) is 1.16. The number of ether oxygens (including phenoxy) is 3. The lowest BCUT2D eigenvalue weighted by Crippen LogP contribution is -3.15. The van der Waals surface area contributed by atoms with Crippen molar-refractivity contribution in [3.8, 4) is 11.5 Å². The van der Waals surface area contributed by atoms with Gasteiger partial charge in [0.05, 0.1) is 33.1 Å². The van der Waals surface area contributed by atoms with Gasteiger partial charge in [0, 0.05) is 11.6 Å². The van der Waals surface area contributed by atoms with Crippen molar-refractivity contribution in [3.63, 3.8) is 0 Å². The molecule has 2 heterocycles. The third kappa shape index (κ3) is 3.46. The zero-order valence-electron chi connectivity index (χ0n) is 16.1. The number of fused-ring (bicyclic) bond motifs is 1. The Balaban J connectivity index is 1.70. The number of anilines is 1. The van der Waals surface area contributed by atoms with E-state index in [1.54, 1.807) is 26.4 Å². The van der Waals surface area contributed by atoms with Gasteiger partial charge in [-0.1, -0.05) is 18.2 Å². The van der Waals surface area contributed by atoms with E-state index < -0.39 is 0 Å². The molecule has 0 saturated carbocycles. The number of hydrogen-bond donors (Lipinski definition) is 1. The van der Waals surface area contributed by atoms with E-state index in [4.69, 9.17) is 14.2 Å². The molecule has 7 heteroatoms. The van der Waals surface area contributed by atoms with Crippen LogP contribution in [0.1, 0.15) is 5.56 Å². The van der Waals surface area contributed by atoms with E-state index >= 15 is 0 Å². The fourth-order valence-electron chi connectivity index (χ4n) is 3.57. The van der Waals surface area contributed by atoms with Crippen molar-refractivity contribution in [2.75, 3.05) is 52.1 Å². The molecule has 0 aliphatic carbocycles. The molecule has 7 nitrogen and oxygen atoms in total. The van der Waals surface area contributed by atoms with Crippen molar-refractivity contribution < 1.29 is 23.9 Å². The van der Waals surface area contributed by atoms with Gasteiger partial charge in [0.2, 0.25) is 0 Å². The van der Waals surface area contributed by atoms with E-state index in [-0.39, 0.29) is 5.91 Å². The molecule has 146 valence electrons. The molecule has 1 N–H and O–H groups in total. The van der Waals surface area contributed by atoms with Crippen LogP contribution in [0.4, 0.5) is 11.4 Å². The molecule has 2 aliphatic rings. The Morgan fingerprint density at radius 3 is 2.64 bits per heavy atom. The van der Waals surface area contributed by atoms with Gasteiger partial charge in [0.1, 0.15) is 36.0 Å². The monoisotopic (exact) mass is 382 g/mol. The lowest BCUT2D eigenvalue weighted by atomic mass is 10.1. The number of benzene rings is 2. The predicted octanol–water partition coefficient (Wildman–Crippen LogP) is 1.04. The van der Waals surface area contributed by atoms with Crippen LogP contribution in [0.25, 0.3) is 0 Å². The Hall–Kier alpha value is -2.90. The van der Waals surface area contributed by atoms with Gasteiger partial charge in [-0.15, -0.1) is 0 Å². The van der Waals surface area contributed by atoms with E-state index in [2.05, 4.69) is 4.99 Å². The SMILES string of the molecule is COc1ccc(N=C2C(=O)N(C[NH+]3CCOCC3)c3ccccc32)c(OC)c1. The Kier molecular flexibility index (Phi) is 5.27. The van der Waals surface area contributed by atoms with Crippen LogP contribution in [0.3, 0.4) is 0 Å². The third-order valence-electron chi connectivity index (χ3n) is 5.10. The number of amides is 1. The summed E-state index contributed by atoms with van der Waals surface area (Å²) in [6.45, 7) is 3.85. The zero-order chi connectivity index (χ0) is 19.5. The van der Waals surface area contributed by atoms with Gasteiger partial charge in [-0.3, -0.25) is 9.69 Å². The summed E-state index contributed by atoms with van der Waals surface area (Å²) in [6, 6.07) is 13.2. The molecule has 0 atom stereocenters. The molecule has 1 amide bonds. The molecule has 4 rings (SSSR count). The normalized spacial score (nSPS) is 18.4. The van der Waals surface area contributed by atoms with Crippen LogP contribution in [0.15, 0.2) is 47.5 Å². The van der Waals surface area contributed by atoms with Gasteiger partial charge in [-0.2, -0.15) is 0 Å². The fourth-order valence-corrected chi connectivity index (χ4v) is 3.57. The quantitative estimate of drug-likeness (QED) is 0.840. The molecule has 2 aliphatic heterocycles. The van der Waals surface area contributed by atoms with Gasteiger partial charge in [-0.25, -0.2) is 4.99 Å². The van der Waals surface area contributed by atoms with E-state index in [9.17, 15) is 4.79 Å². The maximum Gasteiger partial charge on any atom is 0.281 e. The fraction of sp³-hybridized carbons (Fsp3) is 0.333. The van der Waals surface area contributed by atoms with Gasteiger partial charge in [0.25, 0.3) is 5.91 Å². The number of rotatable bonds is 5. The van der Waals surface area contributed by atoms with Crippen molar-refractivity contribution in [2.24, 2.45) is 4.99 Å². The van der Waals surface area contributed by atoms with Crippen LogP contribution < -0.4 is 19.3 Å². The van der Waals surface area contributed by atoms with Gasteiger partial charge in [0.15, 0.2) is 6.67 Å². The minimum Gasteiger partial charge on any atom is -0.497 e. The Bertz CT molecular complexity index is 906. The lowest BCUT2D eigenvalue weighted by molar-refractivity contribution is -0.906. The maximum atomic E-state index is 13.2. The Morgan fingerprint density at radius 2 is 1.89 bits per heavy atom. The first-order valence-corrected chi connectivity index (χ1v) is 9.34. The number of morpholine rings is 1. The number of quaternary nitrogens is 1. The molecule has 1 fully saturated rings. The van der Waals surface area contributed by atoms with Crippen LogP contribution in [0, 0.1) is 0 Å². The maximum absolute atomic E-state index is 13.2. The highest BCUT2D eigenvalue weighted by atomic mass is 16.5. The first-order valence-electron chi connectivity index (χ1n) is 9.34. The minimum atomic E-state index is -0.0851. The van der Waals surface area contributed by atoms with Crippen LogP contribution in [0.2, 0.25) is 0 Å². The second-order valence-electron chi connectivity index (χ2n) is 6.77. The summed E-state index contributed by atoms with van der Waals surface area (Å²) in [6.07, 6.45) is 0. The molecule has 0 radical (unpaired) electrons. The van der Waals surface area contributed by atoms with Gasteiger partial charge in [-0.05, 0) is 18.2 Å². The molecule has 28 heavy (non-hydrogen) atoms. The van der Waals surface area contributed by atoms with Crippen molar-refractivity contribution in [1.29, 1.82) is 0 Å². The summed E-state index contributed by atoms with van der Waals surface area (Å²) in [4.78, 5) is 21.1. The number of nitrogens with zero attached hydrogens (tertiary/aromatic N) is 2. The van der Waals surface area contributed by atoms with E-state index in [1.165, 1.54) is 4.90 Å². The molecular weight excluding hydrogens is 358 g/mol. The number of nitrogens with one attached hydrogen (secondary N) is 1. The van der Waals surface area contributed by atoms with Gasteiger partial charge >= 0.3 is 0 Å². The average molecular weight is 382 g/mol. The molecule has 2 aromatic rings. The summed E-state index contributed by atoms with van der Waals surface area (Å²) >= 11 is 0. The lowest BCUT2D eigenvalue weighted by Gasteiger charge is -2.27. The second kappa shape index (κ2) is 8.00. The van der Waals surface area contributed by atoms with Crippen molar-refractivity contribution in [2.45, 2.75) is 0 Å². The predicted molar refractivity (Wildman–Crippen MR) is 106 cm³/mol. The highest BCUT2D eigenvalue weighted by Crippen LogP contribution is 2.35. The van der Waals surface area contributed by atoms with Crippen molar-refractivity contribution in [1.82, 2.24) is 0 Å². The first kappa shape index (κ1) is 18.5. The largest absolute Gasteiger partial charge is 0.497 e. The van der Waals surface area contributed by atoms with Crippen LogP contribution in [-0.4, -0.2) is 58.8 Å². The molecule has 0 spiro atoms. The Morgan fingerprint density at radius 1 is 1.11 bits per heavy atom. The summed E-state index contributed by atoms with van der Waals surface area (Å²) in [5.41, 5.74) is 2.78. The standard InChI is InChI=1S/C21H23N3O4/c1-26-15-7-8-17(19(13-15)27-2)22-20-16-5-3-4-6-18(16)24(21(20)25)14-23-9-11-28-12-10-23/h3-8,13H,9-12,14H2,1-2H3/p+1. The summed E-state index contributed by atoms with van der Waals surface area (Å²) in [5, 5.41) is 0. The highest BCUT2D eigenvalue weighted by Gasteiger charge is 2.36. The summed E-state index contributed by atoms with van der Waals surface area (Å²) < 4.78 is 16.1. The van der Waals surface area contributed by atoms with Gasteiger partial charge < -0.3 is 19.1 Å². The number of carbonyl (C=O) groups is 1. The minimum absolute atomic E-state index is 0.0851. The topological polar surface area (TPSA) is 64.8 Å². The number of aliphatic imine (C=N–C) groups is 1. The second-order valence-corrected chi connectivity index (χ2v) is 6.77. The Labute approximate surface area is 164 Å². The summed E-state index contributed by atoms with van der Waals surface area (Å²) in [7, 11) is 3.18. The highest BCUT2D eigenvalue weighted by molar-refractivity contribution is 6.54. The number of carbonyl (C=O) groups excluding carboxylic acids is 1. The zero-order valence-corrected chi connectivity index (χ0v) is 16.1. The van der Waals surface area contributed by atoms with Crippen LogP contribution in [-0.2, 0) is 9.53 Å². The average Bonchev–Trinajstić information content (AvgIpc) is 3.00. The molecule has 2 aromatic carbocycles. The van der Waals surface area contributed by atoms with E-state index in [0.717, 1.165) is 37.6 Å². The van der Waals surface area contributed by atoms with E-state index in [1.807, 2.05) is 35.2 Å². The van der Waals surface area contributed by atoms with Crippen LogP contribution >= 0.6 is 0 Å². The van der Waals surface area contributed by atoms with Crippen LogP contribution in [0.5, 0.6) is 11.5 Å². The molecule has 0 unspecified atom stereocenters. The number of methoxy groups -OCH3 is 2. The third-order valence-corrected chi connectivity index (χ3v) is 5.10. The molecule has 1 saturated heterocycles. The molecule has 0 aromatic heterocycles. The van der Waals surface area contributed by atoms with E-state index in [0.29, 0.717) is 29.6 Å². The number of para-hydroxylation sites is 1. The smallest absolute Gasteiger partial charge is 0.281 e.